The normalized spacial score (nSPS) is 10.7. The molecule has 1 aromatic heterocycles. The van der Waals surface area contributed by atoms with Crippen LogP contribution in [0, 0.1) is 0 Å². The number of aromatic nitrogens is 3. The van der Waals surface area contributed by atoms with Crippen molar-refractivity contribution >= 4 is 16.7 Å². The molecule has 0 atom stereocenters. The van der Waals surface area contributed by atoms with E-state index < -0.39 is 5.97 Å². The largest absolute Gasteiger partial charge is 0.486 e. The highest BCUT2D eigenvalue weighted by atomic mass is 16.5. The van der Waals surface area contributed by atoms with Crippen molar-refractivity contribution < 1.29 is 14.6 Å². The van der Waals surface area contributed by atoms with E-state index >= 15 is 0 Å². The zero-order valence-corrected chi connectivity index (χ0v) is 11.4. The van der Waals surface area contributed by atoms with Crippen molar-refractivity contribution in [3.63, 3.8) is 0 Å². The van der Waals surface area contributed by atoms with Crippen molar-refractivity contribution in [3.05, 3.63) is 53.9 Å². The van der Waals surface area contributed by atoms with E-state index in [1.54, 1.807) is 36.1 Å². The average Bonchev–Trinajstić information content (AvgIpc) is 2.89. The second-order valence-corrected chi connectivity index (χ2v) is 4.64. The van der Waals surface area contributed by atoms with Gasteiger partial charge in [-0.3, -0.25) is 4.68 Å². The van der Waals surface area contributed by atoms with E-state index in [-0.39, 0.29) is 12.2 Å². The Morgan fingerprint density at radius 3 is 2.81 bits per heavy atom. The van der Waals surface area contributed by atoms with Crippen LogP contribution in [0.1, 0.15) is 16.1 Å². The van der Waals surface area contributed by atoms with E-state index in [4.69, 9.17) is 4.74 Å². The maximum absolute atomic E-state index is 11.5. The summed E-state index contributed by atoms with van der Waals surface area (Å²) in [6, 6.07) is 10.8. The molecule has 3 aromatic rings. The van der Waals surface area contributed by atoms with Crippen LogP contribution in [0.4, 0.5) is 0 Å². The summed E-state index contributed by atoms with van der Waals surface area (Å²) >= 11 is 0. The number of hydrogen-bond donors (Lipinski definition) is 1. The van der Waals surface area contributed by atoms with Gasteiger partial charge in [-0.25, -0.2) is 4.79 Å². The highest BCUT2D eigenvalue weighted by Gasteiger charge is 2.16. The number of hydrogen-bond acceptors (Lipinski definition) is 4. The lowest BCUT2D eigenvalue weighted by atomic mass is 10.0. The van der Waals surface area contributed by atoms with Crippen molar-refractivity contribution in [2.75, 3.05) is 0 Å². The summed E-state index contributed by atoms with van der Waals surface area (Å²) in [6.07, 6.45) is 1.72. The number of carboxylic acid groups (broad SMARTS) is 1. The Balaban J connectivity index is 1.97. The Morgan fingerprint density at radius 2 is 2.10 bits per heavy atom. The number of carbonyl (C=O) groups is 1. The fraction of sp³-hybridized carbons (Fsp3) is 0.133. The Hall–Kier alpha value is -2.89. The second-order valence-electron chi connectivity index (χ2n) is 4.64. The molecule has 0 saturated heterocycles. The first-order valence-electron chi connectivity index (χ1n) is 6.38. The molecule has 106 valence electrons. The third kappa shape index (κ3) is 2.55. The van der Waals surface area contributed by atoms with E-state index in [0.717, 1.165) is 5.39 Å². The van der Waals surface area contributed by atoms with Gasteiger partial charge >= 0.3 is 5.97 Å². The lowest BCUT2D eigenvalue weighted by Gasteiger charge is -2.10. The Labute approximate surface area is 120 Å². The van der Waals surface area contributed by atoms with Gasteiger partial charge in [0, 0.05) is 7.05 Å². The lowest BCUT2D eigenvalue weighted by Crippen LogP contribution is -2.04. The third-order valence-corrected chi connectivity index (χ3v) is 3.13. The molecule has 21 heavy (non-hydrogen) atoms. The summed E-state index contributed by atoms with van der Waals surface area (Å²) in [4.78, 5) is 11.5. The zero-order valence-electron chi connectivity index (χ0n) is 11.4. The van der Waals surface area contributed by atoms with Crippen LogP contribution in [0.5, 0.6) is 5.75 Å². The van der Waals surface area contributed by atoms with Gasteiger partial charge in [-0.1, -0.05) is 35.5 Å². The van der Waals surface area contributed by atoms with Crippen molar-refractivity contribution in [2.24, 2.45) is 7.05 Å². The molecule has 6 heteroatoms. The quantitative estimate of drug-likeness (QED) is 0.794. The highest BCUT2D eigenvalue weighted by Crippen LogP contribution is 2.28. The first-order chi connectivity index (χ1) is 10.1. The first-order valence-corrected chi connectivity index (χ1v) is 6.38. The molecule has 0 aliphatic carbocycles. The van der Waals surface area contributed by atoms with Crippen molar-refractivity contribution in [2.45, 2.75) is 6.61 Å². The van der Waals surface area contributed by atoms with Gasteiger partial charge in [0.25, 0.3) is 0 Å². The predicted molar refractivity (Wildman–Crippen MR) is 76.2 cm³/mol. The maximum atomic E-state index is 11.5. The SMILES string of the molecule is Cn1cc(COc2ccc3ccccc3c2C(=O)O)nn1. The summed E-state index contributed by atoms with van der Waals surface area (Å²) in [7, 11) is 1.76. The van der Waals surface area contributed by atoms with Gasteiger partial charge in [-0.05, 0) is 16.8 Å². The number of fused-ring (bicyclic) bond motifs is 1. The number of ether oxygens (including phenoxy) is 1. The van der Waals surface area contributed by atoms with Crippen LogP contribution in [-0.4, -0.2) is 26.1 Å². The lowest BCUT2D eigenvalue weighted by molar-refractivity contribution is 0.0694. The molecular weight excluding hydrogens is 270 g/mol. The monoisotopic (exact) mass is 283 g/mol. The van der Waals surface area contributed by atoms with Gasteiger partial charge in [0.05, 0.1) is 6.20 Å². The Morgan fingerprint density at radius 1 is 1.29 bits per heavy atom. The topological polar surface area (TPSA) is 77.2 Å². The number of aryl methyl sites for hydroxylation is 1. The van der Waals surface area contributed by atoms with Gasteiger partial charge in [0.2, 0.25) is 0 Å². The fourth-order valence-electron chi connectivity index (χ4n) is 2.21. The molecule has 0 spiro atoms. The van der Waals surface area contributed by atoms with E-state index in [1.165, 1.54) is 0 Å². The number of aromatic carboxylic acids is 1. The summed E-state index contributed by atoms with van der Waals surface area (Å²) in [6.45, 7) is 0.173. The van der Waals surface area contributed by atoms with Crippen molar-refractivity contribution in [1.29, 1.82) is 0 Å². The number of nitrogens with zero attached hydrogens (tertiary/aromatic N) is 3. The molecule has 3 rings (SSSR count). The molecule has 0 fully saturated rings. The van der Waals surface area contributed by atoms with Gasteiger partial charge in [-0.15, -0.1) is 5.10 Å². The van der Waals surface area contributed by atoms with Crippen molar-refractivity contribution in [3.8, 4) is 5.75 Å². The van der Waals surface area contributed by atoms with E-state index in [9.17, 15) is 9.90 Å². The zero-order chi connectivity index (χ0) is 14.8. The van der Waals surface area contributed by atoms with Crippen LogP contribution in [0.15, 0.2) is 42.6 Å². The van der Waals surface area contributed by atoms with Crippen LogP contribution < -0.4 is 4.74 Å². The summed E-state index contributed by atoms with van der Waals surface area (Å²) in [5.74, 6) is -0.687. The number of carboxylic acids is 1. The van der Waals surface area contributed by atoms with Crippen LogP contribution in [0.2, 0.25) is 0 Å². The molecule has 0 amide bonds. The predicted octanol–water partition coefficient (Wildman–Crippen LogP) is 2.25. The summed E-state index contributed by atoms with van der Waals surface area (Å²) in [5, 5.41) is 18.7. The molecule has 0 unspecified atom stereocenters. The molecular formula is C15H13N3O3. The van der Waals surface area contributed by atoms with Crippen LogP contribution in [-0.2, 0) is 13.7 Å². The minimum atomic E-state index is -1.01. The van der Waals surface area contributed by atoms with E-state index in [0.29, 0.717) is 16.8 Å². The average molecular weight is 283 g/mol. The smallest absolute Gasteiger partial charge is 0.340 e. The minimum Gasteiger partial charge on any atom is -0.486 e. The molecule has 1 N–H and O–H groups in total. The molecule has 0 radical (unpaired) electrons. The van der Waals surface area contributed by atoms with Gasteiger partial charge in [0.1, 0.15) is 23.6 Å². The summed E-state index contributed by atoms with van der Waals surface area (Å²) < 4.78 is 7.18. The molecule has 0 bridgehead atoms. The molecule has 6 nitrogen and oxygen atoms in total. The minimum absolute atomic E-state index is 0.164. The van der Waals surface area contributed by atoms with Crippen LogP contribution >= 0.6 is 0 Å². The molecule has 1 heterocycles. The molecule has 0 aliphatic heterocycles. The van der Waals surface area contributed by atoms with E-state index in [1.807, 2.05) is 18.2 Å². The second kappa shape index (κ2) is 5.24. The van der Waals surface area contributed by atoms with Gasteiger partial charge < -0.3 is 9.84 Å². The molecule has 0 aliphatic rings. The van der Waals surface area contributed by atoms with Crippen LogP contribution in [0.25, 0.3) is 10.8 Å². The van der Waals surface area contributed by atoms with E-state index in [2.05, 4.69) is 10.3 Å². The molecule has 2 aromatic carbocycles. The molecule has 0 saturated carbocycles. The Bertz CT molecular complexity index is 811. The maximum Gasteiger partial charge on any atom is 0.340 e. The number of rotatable bonds is 4. The highest BCUT2D eigenvalue weighted by molar-refractivity contribution is 6.06. The third-order valence-electron chi connectivity index (χ3n) is 3.13. The van der Waals surface area contributed by atoms with Gasteiger partial charge in [-0.2, -0.15) is 0 Å². The van der Waals surface area contributed by atoms with Gasteiger partial charge in [0.15, 0.2) is 0 Å². The number of benzene rings is 2. The Kier molecular flexibility index (Phi) is 3.27. The van der Waals surface area contributed by atoms with Crippen LogP contribution in [0.3, 0.4) is 0 Å². The fourth-order valence-corrected chi connectivity index (χ4v) is 2.21. The summed E-state index contributed by atoms with van der Waals surface area (Å²) in [5.41, 5.74) is 0.805. The van der Waals surface area contributed by atoms with Crippen molar-refractivity contribution in [1.82, 2.24) is 15.0 Å². The first kappa shape index (κ1) is 13.1. The standard InChI is InChI=1S/C15H13N3O3/c1-18-8-11(16-17-18)9-21-13-7-6-10-4-2-3-5-12(10)14(13)15(19)20/h2-8H,9H2,1H3,(H,19,20).